The summed E-state index contributed by atoms with van der Waals surface area (Å²) in [7, 11) is 0. The maximum Gasteiger partial charge on any atom is 0.273 e. The molecule has 4 rings (SSSR count). The number of hydrogen-bond donors (Lipinski definition) is 1. The number of rotatable bonds is 7. The third kappa shape index (κ3) is 4.32. The standard InChI is InChI=1S/C18H19N5O4/c24-18(20-9-15-2-1-7-25-15)17-8-16(27-22-17)10-26-14-5-3-13(4-6-14)23-12-19-11-21-23/h3-6,8,11-12,15H,1-2,7,9-10H2,(H,20,24). The molecule has 27 heavy (non-hydrogen) atoms. The highest BCUT2D eigenvalue weighted by molar-refractivity contribution is 5.92. The predicted molar refractivity (Wildman–Crippen MR) is 93.5 cm³/mol. The van der Waals surface area contributed by atoms with Crippen LogP contribution in [0.25, 0.3) is 5.69 Å². The summed E-state index contributed by atoms with van der Waals surface area (Å²) < 4.78 is 18.0. The maximum atomic E-state index is 12.1. The Kier molecular flexibility index (Phi) is 5.10. The van der Waals surface area contributed by atoms with Crippen LogP contribution in [0.3, 0.4) is 0 Å². The summed E-state index contributed by atoms with van der Waals surface area (Å²) in [5.74, 6) is 0.856. The summed E-state index contributed by atoms with van der Waals surface area (Å²) >= 11 is 0. The first-order chi connectivity index (χ1) is 13.3. The average molecular weight is 369 g/mol. The van der Waals surface area contributed by atoms with E-state index in [0.29, 0.717) is 18.1 Å². The van der Waals surface area contributed by atoms with Gasteiger partial charge in [-0.25, -0.2) is 9.67 Å². The van der Waals surface area contributed by atoms with Crippen LogP contribution in [-0.2, 0) is 11.3 Å². The van der Waals surface area contributed by atoms with Gasteiger partial charge in [0.2, 0.25) is 0 Å². The largest absolute Gasteiger partial charge is 0.486 e. The van der Waals surface area contributed by atoms with Crippen molar-refractivity contribution in [2.75, 3.05) is 13.2 Å². The normalized spacial score (nSPS) is 16.4. The first kappa shape index (κ1) is 17.2. The maximum absolute atomic E-state index is 12.1. The van der Waals surface area contributed by atoms with Gasteiger partial charge < -0.3 is 19.3 Å². The van der Waals surface area contributed by atoms with Crippen LogP contribution in [0.1, 0.15) is 29.1 Å². The summed E-state index contributed by atoms with van der Waals surface area (Å²) in [5.41, 5.74) is 1.11. The second-order valence-corrected chi connectivity index (χ2v) is 6.15. The zero-order valence-electron chi connectivity index (χ0n) is 14.6. The number of ether oxygens (including phenoxy) is 2. The number of amides is 1. The first-order valence-corrected chi connectivity index (χ1v) is 8.71. The Hall–Kier alpha value is -3.20. The molecule has 0 spiro atoms. The van der Waals surface area contributed by atoms with Crippen LogP contribution in [0.5, 0.6) is 5.75 Å². The number of aromatic nitrogens is 4. The van der Waals surface area contributed by atoms with E-state index in [0.717, 1.165) is 25.1 Å². The fourth-order valence-electron chi connectivity index (χ4n) is 2.78. The Labute approximate surface area is 155 Å². The fourth-order valence-corrected chi connectivity index (χ4v) is 2.78. The van der Waals surface area contributed by atoms with Gasteiger partial charge in [-0.3, -0.25) is 4.79 Å². The summed E-state index contributed by atoms with van der Waals surface area (Å²) in [4.78, 5) is 16.0. The summed E-state index contributed by atoms with van der Waals surface area (Å²) in [5, 5.41) is 10.7. The molecule has 1 aliphatic heterocycles. The van der Waals surface area contributed by atoms with E-state index in [1.807, 2.05) is 24.3 Å². The topological polar surface area (TPSA) is 104 Å². The van der Waals surface area contributed by atoms with Crippen molar-refractivity contribution >= 4 is 5.91 Å². The van der Waals surface area contributed by atoms with Crippen molar-refractivity contribution in [3.05, 3.63) is 54.4 Å². The molecule has 1 aliphatic rings. The van der Waals surface area contributed by atoms with Crippen LogP contribution in [0.15, 0.2) is 47.5 Å². The predicted octanol–water partition coefficient (Wildman–Crippen LogP) is 1.74. The minimum atomic E-state index is -0.280. The van der Waals surface area contributed by atoms with Gasteiger partial charge in [0.1, 0.15) is 25.0 Å². The van der Waals surface area contributed by atoms with Crippen molar-refractivity contribution in [2.45, 2.75) is 25.6 Å². The molecule has 140 valence electrons. The molecule has 1 fully saturated rings. The molecule has 0 bridgehead atoms. The van der Waals surface area contributed by atoms with Crippen molar-refractivity contribution in [1.82, 2.24) is 25.2 Å². The molecule has 1 aromatic carbocycles. The van der Waals surface area contributed by atoms with Crippen molar-refractivity contribution in [3.8, 4) is 11.4 Å². The van der Waals surface area contributed by atoms with Gasteiger partial charge in [0.15, 0.2) is 11.5 Å². The van der Waals surface area contributed by atoms with E-state index in [1.165, 1.54) is 6.33 Å². The van der Waals surface area contributed by atoms with Crippen LogP contribution in [0.2, 0.25) is 0 Å². The Morgan fingerprint density at radius 2 is 2.22 bits per heavy atom. The van der Waals surface area contributed by atoms with E-state index < -0.39 is 0 Å². The van der Waals surface area contributed by atoms with Crippen molar-refractivity contribution in [2.24, 2.45) is 0 Å². The quantitative estimate of drug-likeness (QED) is 0.676. The number of hydrogen-bond acceptors (Lipinski definition) is 7. The molecular formula is C18H19N5O4. The Morgan fingerprint density at radius 1 is 1.33 bits per heavy atom. The van der Waals surface area contributed by atoms with Gasteiger partial charge >= 0.3 is 0 Å². The summed E-state index contributed by atoms with van der Waals surface area (Å²) in [6.07, 6.45) is 5.18. The van der Waals surface area contributed by atoms with E-state index in [-0.39, 0.29) is 24.3 Å². The third-order valence-electron chi connectivity index (χ3n) is 4.21. The van der Waals surface area contributed by atoms with Crippen LogP contribution < -0.4 is 10.1 Å². The van der Waals surface area contributed by atoms with E-state index in [9.17, 15) is 4.79 Å². The van der Waals surface area contributed by atoms with Crippen LogP contribution >= 0.6 is 0 Å². The second kappa shape index (κ2) is 8.00. The van der Waals surface area contributed by atoms with Gasteiger partial charge in [-0.15, -0.1) is 0 Å². The average Bonchev–Trinajstić information content (AvgIpc) is 3.47. The first-order valence-electron chi connectivity index (χ1n) is 8.71. The van der Waals surface area contributed by atoms with E-state index in [2.05, 4.69) is 20.6 Å². The molecule has 9 nitrogen and oxygen atoms in total. The van der Waals surface area contributed by atoms with Crippen molar-refractivity contribution in [1.29, 1.82) is 0 Å². The van der Waals surface area contributed by atoms with Crippen LogP contribution in [0, 0.1) is 0 Å². The lowest BCUT2D eigenvalue weighted by molar-refractivity contribution is 0.0850. The number of benzene rings is 1. The molecule has 0 saturated carbocycles. The van der Waals surface area contributed by atoms with E-state index in [1.54, 1.807) is 17.1 Å². The van der Waals surface area contributed by atoms with Gasteiger partial charge in [0, 0.05) is 19.2 Å². The lowest BCUT2D eigenvalue weighted by atomic mass is 10.2. The molecular weight excluding hydrogens is 350 g/mol. The zero-order chi connectivity index (χ0) is 18.5. The molecule has 1 amide bonds. The number of nitrogens with one attached hydrogen (secondary N) is 1. The number of carbonyl (C=O) groups is 1. The van der Waals surface area contributed by atoms with Crippen molar-refractivity contribution in [3.63, 3.8) is 0 Å². The molecule has 0 aliphatic carbocycles. The van der Waals surface area contributed by atoms with E-state index >= 15 is 0 Å². The lowest BCUT2D eigenvalue weighted by Gasteiger charge is -2.09. The molecule has 3 heterocycles. The Morgan fingerprint density at radius 3 is 2.96 bits per heavy atom. The van der Waals surface area contributed by atoms with Crippen LogP contribution in [0.4, 0.5) is 0 Å². The minimum Gasteiger partial charge on any atom is -0.486 e. The van der Waals surface area contributed by atoms with Gasteiger partial charge in [0.05, 0.1) is 11.8 Å². The molecule has 3 aromatic rings. The molecule has 9 heteroatoms. The fraction of sp³-hybridized carbons (Fsp3) is 0.333. The molecule has 2 aromatic heterocycles. The van der Waals surface area contributed by atoms with Gasteiger partial charge in [-0.05, 0) is 37.1 Å². The van der Waals surface area contributed by atoms with Crippen molar-refractivity contribution < 1.29 is 18.8 Å². The van der Waals surface area contributed by atoms with E-state index in [4.69, 9.17) is 14.0 Å². The highest BCUT2D eigenvalue weighted by atomic mass is 16.5. The minimum absolute atomic E-state index is 0.0872. The molecule has 0 radical (unpaired) electrons. The molecule has 1 N–H and O–H groups in total. The summed E-state index contributed by atoms with van der Waals surface area (Å²) in [6.45, 7) is 1.41. The number of nitrogens with zero attached hydrogens (tertiary/aromatic N) is 4. The van der Waals surface area contributed by atoms with Gasteiger partial charge in [0.25, 0.3) is 5.91 Å². The highest BCUT2D eigenvalue weighted by Crippen LogP contribution is 2.16. The highest BCUT2D eigenvalue weighted by Gasteiger charge is 2.18. The Balaban J connectivity index is 1.28. The molecule has 1 saturated heterocycles. The van der Waals surface area contributed by atoms with Gasteiger partial charge in [-0.1, -0.05) is 5.16 Å². The molecule has 1 atom stereocenters. The summed E-state index contributed by atoms with van der Waals surface area (Å²) in [6, 6.07) is 8.96. The smallest absolute Gasteiger partial charge is 0.273 e. The number of carbonyl (C=O) groups excluding carboxylic acids is 1. The van der Waals surface area contributed by atoms with Gasteiger partial charge in [-0.2, -0.15) is 5.10 Å². The Bertz CT molecular complexity index is 870. The zero-order valence-corrected chi connectivity index (χ0v) is 14.6. The van der Waals surface area contributed by atoms with Crippen LogP contribution in [-0.4, -0.2) is 45.1 Å². The molecule has 1 unspecified atom stereocenters. The monoisotopic (exact) mass is 369 g/mol. The third-order valence-corrected chi connectivity index (χ3v) is 4.21. The lowest BCUT2D eigenvalue weighted by Crippen LogP contribution is -2.31. The second-order valence-electron chi connectivity index (χ2n) is 6.15. The SMILES string of the molecule is O=C(NCC1CCCO1)c1cc(COc2ccc(-n3cncn3)cc2)on1.